The Balaban J connectivity index is 2.08. The number of hydrogen-bond acceptors (Lipinski definition) is 4. The topological polar surface area (TPSA) is 70.2 Å². The van der Waals surface area contributed by atoms with Crippen LogP contribution in [-0.4, -0.2) is 27.9 Å². The molecule has 1 fully saturated rings. The van der Waals surface area contributed by atoms with E-state index in [1.54, 1.807) is 11.6 Å². The van der Waals surface area contributed by atoms with Gasteiger partial charge in [0.1, 0.15) is 11.9 Å². The second-order valence-corrected chi connectivity index (χ2v) is 3.81. The molecule has 0 aliphatic carbocycles. The van der Waals surface area contributed by atoms with Gasteiger partial charge in [-0.3, -0.25) is 14.8 Å². The summed E-state index contributed by atoms with van der Waals surface area (Å²) in [6, 6.07) is 0. The smallest absolute Gasteiger partial charge is 0.309 e. The quantitative estimate of drug-likeness (QED) is 0.555. The first-order valence-electron chi connectivity index (χ1n) is 4.93. The number of nitro groups is 1. The standard InChI is InChI=1S/C9H13N3O3/c1-7-9(12(13)14)5-11(10-7)4-8-2-3-15-6-8/h5,8H,2-4,6H2,1H3. The molecule has 15 heavy (non-hydrogen) atoms. The molecule has 1 unspecified atom stereocenters. The highest BCUT2D eigenvalue weighted by molar-refractivity contribution is 5.30. The first kappa shape index (κ1) is 10.1. The summed E-state index contributed by atoms with van der Waals surface area (Å²) in [5, 5.41) is 14.7. The first-order chi connectivity index (χ1) is 7.16. The van der Waals surface area contributed by atoms with Gasteiger partial charge in [-0.25, -0.2) is 0 Å². The molecule has 1 atom stereocenters. The zero-order valence-corrected chi connectivity index (χ0v) is 8.55. The molecule has 2 rings (SSSR count). The van der Waals surface area contributed by atoms with Crippen molar-refractivity contribution in [3.05, 3.63) is 22.0 Å². The largest absolute Gasteiger partial charge is 0.381 e. The molecule has 0 saturated carbocycles. The minimum absolute atomic E-state index is 0.0916. The van der Waals surface area contributed by atoms with Crippen molar-refractivity contribution in [2.45, 2.75) is 19.9 Å². The average Bonchev–Trinajstić information content (AvgIpc) is 2.75. The van der Waals surface area contributed by atoms with Gasteiger partial charge in [-0.15, -0.1) is 0 Å². The third kappa shape index (κ3) is 2.15. The summed E-state index contributed by atoms with van der Waals surface area (Å²) >= 11 is 0. The van der Waals surface area contributed by atoms with Crippen molar-refractivity contribution >= 4 is 5.69 Å². The molecular weight excluding hydrogens is 198 g/mol. The molecular formula is C9H13N3O3. The molecule has 1 aromatic rings. The van der Waals surface area contributed by atoms with Gasteiger partial charge in [-0.2, -0.15) is 5.10 Å². The fraction of sp³-hybridized carbons (Fsp3) is 0.667. The monoisotopic (exact) mass is 211 g/mol. The second kappa shape index (κ2) is 3.98. The maximum absolute atomic E-state index is 10.6. The summed E-state index contributed by atoms with van der Waals surface area (Å²) in [6.45, 7) is 3.87. The lowest BCUT2D eigenvalue weighted by atomic mass is 10.1. The normalized spacial score (nSPS) is 20.7. The van der Waals surface area contributed by atoms with Crippen molar-refractivity contribution < 1.29 is 9.66 Å². The molecule has 0 spiro atoms. The van der Waals surface area contributed by atoms with Crippen molar-refractivity contribution in [1.29, 1.82) is 0 Å². The highest BCUT2D eigenvalue weighted by atomic mass is 16.6. The Bertz CT molecular complexity index is 369. The Labute approximate surface area is 87.0 Å². The Kier molecular flexibility index (Phi) is 2.68. The summed E-state index contributed by atoms with van der Waals surface area (Å²) in [4.78, 5) is 10.2. The zero-order chi connectivity index (χ0) is 10.8. The molecule has 2 heterocycles. The van der Waals surface area contributed by atoms with Gasteiger partial charge in [0.25, 0.3) is 0 Å². The van der Waals surface area contributed by atoms with E-state index in [-0.39, 0.29) is 5.69 Å². The van der Waals surface area contributed by atoms with E-state index in [1.807, 2.05) is 0 Å². The third-order valence-corrected chi connectivity index (χ3v) is 2.59. The average molecular weight is 211 g/mol. The van der Waals surface area contributed by atoms with Crippen molar-refractivity contribution in [3.8, 4) is 0 Å². The number of rotatable bonds is 3. The van der Waals surface area contributed by atoms with Crippen LogP contribution in [0.5, 0.6) is 0 Å². The SMILES string of the molecule is Cc1nn(CC2CCOC2)cc1[N+](=O)[O-]. The number of hydrogen-bond donors (Lipinski definition) is 0. The van der Waals surface area contributed by atoms with Gasteiger partial charge in [0.2, 0.25) is 0 Å². The van der Waals surface area contributed by atoms with Crippen LogP contribution >= 0.6 is 0 Å². The van der Waals surface area contributed by atoms with E-state index in [9.17, 15) is 10.1 Å². The Morgan fingerprint density at radius 3 is 3.13 bits per heavy atom. The molecule has 0 N–H and O–H groups in total. The summed E-state index contributed by atoms with van der Waals surface area (Å²) in [5.41, 5.74) is 0.563. The number of ether oxygens (including phenoxy) is 1. The molecule has 0 amide bonds. The Hall–Kier alpha value is -1.43. The molecule has 0 aromatic carbocycles. The molecule has 6 nitrogen and oxygen atoms in total. The van der Waals surface area contributed by atoms with E-state index in [2.05, 4.69) is 5.10 Å². The lowest BCUT2D eigenvalue weighted by molar-refractivity contribution is -0.385. The lowest BCUT2D eigenvalue weighted by Crippen LogP contribution is -2.10. The summed E-state index contributed by atoms with van der Waals surface area (Å²) in [7, 11) is 0. The van der Waals surface area contributed by atoms with Crippen molar-refractivity contribution in [1.82, 2.24) is 9.78 Å². The second-order valence-electron chi connectivity index (χ2n) is 3.81. The summed E-state index contributed by atoms with van der Waals surface area (Å²) in [6.07, 6.45) is 2.50. The minimum atomic E-state index is -0.399. The third-order valence-electron chi connectivity index (χ3n) is 2.59. The molecule has 6 heteroatoms. The number of aromatic nitrogens is 2. The van der Waals surface area contributed by atoms with Gasteiger partial charge in [0.05, 0.1) is 11.5 Å². The van der Waals surface area contributed by atoms with Crippen LogP contribution in [0, 0.1) is 23.0 Å². The molecule has 0 radical (unpaired) electrons. The van der Waals surface area contributed by atoms with Crippen molar-refractivity contribution in [2.75, 3.05) is 13.2 Å². The van der Waals surface area contributed by atoms with Gasteiger partial charge in [-0.1, -0.05) is 0 Å². The molecule has 1 aliphatic rings. The predicted octanol–water partition coefficient (Wildman–Crippen LogP) is 1.14. The number of aryl methyl sites for hydroxylation is 1. The van der Waals surface area contributed by atoms with Crippen LogP contribution in [0.2, 0.25) is 0 Å². The van der Waals surface area contributed by atoms with Gasteiger partial charge in [-0.05, 0) is 13.3 Å². The van der Waals surface area contributed by atoms with E-state index < -0.39 is 4.92 Å². The molecule has 1 aliphatic heterocycles. The Morgan fingerprint density at radius 2 is 2.60 bits per heavy atom. The molecule has 1 aromatic heterocycles. The van der Waals surface area contributed by atoms with E-state index in [0.29, 0.717) is 18.2 Å². The van der Waals surface area contributed by atoms with Crippen LogP contribution < -0.4 is 0 Å². The molecule has 1 saturated heterocycles. The summed E-state index contributed by atoms with van der Waals surface area (Å²) < 4.78 is 6.88. The van der Waals surface area contributed by atoms with Crippen molar-refractivity contribution in [2.24, 2.45) is 5.92 Å². The zero-order valence-electron chi connectivity index (χ0n) is 8.55. The fourth-order valence-electron chi connectivity index (χ4n) is 1.77. The predicted molar refractivity (Wildman–Crippen MR) is 52.5 cm³/mol. The van der Waals surface area contributed by atoms with E-state index in [4.69, 9.17) is 4.74 Å². The first-order valence-corrected chi connectivity index (χ1v) is 4.93. The van der Waals surface area contributed by atoms with Gasteiger partial charge in [0.15, 0.2) is 0 Å². The van der Waals surface area contributed by atoms with Crippen LogP contribution in [0.4, 0.5) is 5.69 Å². The van der Waals surface area contributed by atoms with Gasteiger partial charge >= 0.3 is 5.69 Å². The van der Waals surface area contributed by atoms with Crippen LogP contribution in [0.25, 0.3) is 0 Å². The van der Waals surface area contributed by atoms with Gasteiger partial charge in [0, 0.05) is 19.1 Å². The lowest BCUT2D eigenvalue weighted by Gasteiger charge is -2.05. The molecule has 0 bridgehead atoms. The van der Waals surface area contributed by atoms with Crippen LogP contribution in [0.15, 0.2) is 6.20 Å². The maximum Gasteiger partial charge on any atom is 0.309 e. The van der Waals surface area contributed by atoms with Gasteiger partial charge < -0.3 is 4.74 Å². The van der Waals surface area contributed by atoms with Crippen LogP contribution in [0.1, 0.15) is 12.1 Å². The fourth-order valence-corrected chi connectivity index (χ4v) is 1.77. The van der Waals surface area contributed by atoms with Crippen LogP contribution in [-0.2, 0) is 11.3 Å². The number of nitrogens with zero attached hydrogens (tertiary/aromatic N) is 3. The van der Waals surface area contributed by atoms with E-state index >= 15 is 0 Å². The van der Waals surface area contributed by atoms with Crippen molar-refractivity contribution in [3.63, 3.8) is 0 Å². The molecule has 82 valence electrons. The summed E-state index contributed by atoms with van der Waals surface area (Å²) in [5.74, 6) is 0.434. The van der Waals surface area contributed by atoms with Crippen LogP contribution in [0.3, 0.4) is 0 Å². The van der Waals surface area contributed by atoms with E-state index in [0.717, 1.165) is 19.6 Å². The maximum atomic E-state index is 10.6. The highest BCUT2D eigenvalue weighted by Gasteiger charge is 2.20. The Morgan fingerprint density at radius 1 is 1.80 bits per heavy atom. The highest BCUT2D eigenvalue weighted by Crippen LogP contribution is 2.19. The van der Waals surface area contributed by atoms with E-state index in [1.165, 1.54) is 6.20 Å². The minimum Gasteiger partial charge on any atom is -0.381 e.